The van der Waals surface area contributed by atoms with E-state index in [0.717, 1.165) is 21.2 Å². The van der Waals surface area contributed by atoms with Gasteiger partial charge in [-0.25, -0.2) is 0 Å². The van der Waals surface area contributed by atoms with Gasteiger partial charge in [0.05, 0.1) is 19.6 Å². The molecule has 0 spiro atoms. The number of halogens is 1. The second-order valence-corrected chi connectivity index (χ2v) is 7.27. The van der Waals surface area contributed by atoms with Gasteiger partial charge in [-0.15, -0.1) is 0 Å². The Morgan fingerprint density at radius 3 is 2.54 bits per heavy atom. The second-order valence-electron chi connectivity index (χ2n) is 6.41. The molecule has 0 aliphatic carbocycles. The largest absolute Gasteiger partial charge is 0.327 e. The minimum Gasteiger partial charge on any atom is -0.327 e. The average molecular weight is 394 g/mol. The van der Waals surface area contributed by atoms with Gasteiger partial charge in [0.15, 0.2) is 0 Å². The highest BCUT2D eigenvalue weighted by Gasteiger charge is 2.40. The monoisotopic (exact) mass is 393 g/mol. The van der Waals surface area contributed by atoms with Crippen LogP contribution in [0.25, 0.3) is 0 Å². The summed E-state index contributed by atoms with van der Waals surface area (Å²) in [6.07, 6.45) is 1.49. The van der Waals surface area contributed by atoms with Crippen LogP contribution in [0.5, 0.6) is 0 Å². The molecular formula is C18H24BrN3O2. The number of piperidine rings is 1. The Kier molecular flexibility index (Phi) is 6.02. The number of aryl methyl sites for hydroxylation is 2. The van der Waals surface area contributed by atoms with Gasteiger partial charge in [-0.1, -0.05) is 22.0 Å². The number of rotatable bonds is 4. The molecule has 0 N–H and O–H groups in total. The third-order valence-corrected chi connectivity index (χ3v) is 5.85. The lowest BCUT2D eigenvalue weighted by molar-refractivity contribution is -0.161. The maximum absolute atomic E-state index is 12.8. The van der Waals surface area contributed by atoms with Crippen LogP contribution in [-0.4, -0.2) is 48.7 Å². The van der Waals surface area contributed by atoms with Crippen LogP contribution in [0.2, 0.25) is 0 Å². The topological polar surface area (TPSA) is 56.6 Å². The van der Waals surface area contributed by atoms with E-state index in [1.165, 1.54) is 0 Å². The number of nitriles is 1. The zero-order chi connectivity index (χ0) is 17.9. The molecule has 0 atom stereocenters. The van der Waals surface area contributed by atoms with Crippen LogP contribution in [-0.2, 0) is 16.1 Å². The second kappa shape index (κ2) is 7.64. The lowest BCUT2D eigenvalue weighted by atomic mass is 9.87. The Labute approximate surface area is 152 Å². The first-order valence-electron chi connectivity index (χ1n) is 8.05. The molecule has 1 fully saturated rings. The van der Waals surface area contributed by atoms with Crippen LogP contribution in [0.3, 0.4) is 0 Å². The number of hydrogen-bond donors (Lipinski definition) is 0. The summed E-state index contributed by atoms with van der Waals surface area (Å²) < 4.78 is 1.00. The summed E-state index contributed by atoms with van der Waals surface area (Å²) in [7, 11) is 3.37. The van der Waals surface area contributed by atoms with E-state index in [0.29, 0.717) is 32.4 Å². The van der Waals surface area contributed by atoms with E-state index < -0.39 is 5.54 Å². The number of carbonyl (C=O) groups excluding carboxylic acids is 1. The van der Waals surface area contributed by atoms with Crippen molar-refractivity contribution in [3.8, 4) is 6.07 Å². The third-order valence-electron chi connectivity index (χ3n) is 4.99. The van der Waals surface area contributed by atoms with Gasteiger partial charge in [0.1, 0.15) is 5.54 Å². The molecule has 0 radical (unpaired) electrons. The zero-order valence-corrected chi connectivity index (χ0v) is 16.3. The fourth-order valence-electron chi connectivity index (χ4n) is 3.14. The highest BCUT2D eigenvalue weighted by Crippen LogP contribution is 2.29. The summed E-state index contributed by atoms with van der Waals surface area (Å²) in [5.74, 6) is -0.0266. The molecule has 1 aliphatic rings. The van der Waals surface area contributed by atoms with E-state index in [2.05, 4.69) is 28.1 Å². The number of amides is 1. The van der Waals surface area contributed by atoms with Crippen LogP contribution in [0.1, 0.15) is 29.5 Å². The number of likely N-dealkylation sites (N-methyl/N-ethyl adjacent to an activating group) is 1. The molecule has 1 saturated heterocycles. The summed E-state index contributed by atoms with van der Waals surface area (Å²) in [5, 5.41) is 11.5. The van der Waals surface area contributed by atoms with Gasteiger partial charge in [0, 0.05) is 24.6 Å². The fourth-order valence-corrected chi connectivity index (χ4v) is 3.53. The Bertz CT molecular complexity index is 661. The van der Waals surface area contributed by atoms with Crippen molar-refractivity contribution < 1.29 is 9.63 Å². The van der Waals surface area contributed by atoms with Gasteiger partial charge in [0.2, 0.25) is 5.91 Å². The van der Waals surface area contributed by atoms with Gasteiger partial charge >= 0.3 is 0 Å². The van der Waals surface area contributed by atoms with Gasteiger partial charge in [-0.05, 0) is 49.4 Å². The number of nitrogens with zero attached hydrogens (tertiary/aromatic N) is 3. The minimum absolute atomic E-state index is 0.0266. The molecule has 130 valence electrons. The molecule has 1 heterocycles. The highest BCUT2D eigenvalue weighted by molar-refractivity contribution is 9.10. The maximum atomic E-state index is 12.8. The predicted molar refractivity (Wildman–Crippen MR) is 96.3 cm³/mol. The van der Waals surface area contributed by atoms with Crippen molar-refractivity contribution in [1.29, 1.82) is 5.26 Å². The molecule has 0 unspecified atom stereocenters. The molecule has 5 nitrogen and oxygen atoms in total. The first kappa shape index (κ1) is 18.9. The van der Waals surface area contributed by atoms with Crippen molar-refractivity contribution in [2.24, 2.45) is 0 Å². The van der Waals surface area contributed by atoms with Gasteiger partial charge in [-0.3, -0.25) is 4.79 Å². The van der Waals surface area contributed by atoms with Crippen molar-refractivity contribution in [3.05, 3.63) is 33.3 Å². The van der Waals surface area contributed by atoms with E-state index in [4.69, 9.17) is 4.84 Å². The van der Waals surface area contributed by atoms with Crippen LogP contribution in [0, 0.1) is 25.2 Å². The number of carbonyl (C=O) groups is 1. The van der Waals surface area contributed by atoms with Crippen molar-refractivity contribution in [2.45, 2.75) is 38.6 Å². The zero-order valence-electron chi connectivity index (χ0n) is 14.7. The molecule has 0 aromatic heterocycles. The molecule has 1 amide bonds. The van der Waals surface area contributed by atoms with Crippen LogP contribution in [0.4, 0.5) is 0 Å². The smallest absolute Gasteiger partial charge is 0.228 e. The standard InChI is InChI=1S/C18H24BrN3O2/c1-13-9-14(2)16(19)10-15(13)11-17(23)21(3)18(12-20)5-7-22(24-4)8-6-18/h9-10H,5-8,11H2,1-4H3. The Hall–Kier alpha value is -1.42. The molecule has 6 heteroatoms. The first-order valence-corrected chi connectivity index (χ1v) is 8.85. The van der Waals surface area contributed by atoms with Gasteiger partial charge in [-0.2, -0.15) is 10.3 Å². The van der Waals surface area contributed by atoms with E-state index in [1.807, 2.05) is 25.0 Å². The maximum Gasteiger partial charge on any atom is 0.228 e. The van der Waals surface area contributed by atoms with Crippen molar-refractivity contribution in [1.82, 2.24) is 9.96 Å². The van der Waals surface area contributed by atoms with E-state index >= 15 is 0 Å². The van der Waals surface area contributed by atoms with Crippen LogP contribution < -0.4 is 0 Å². The number of benzene rings is 1. The van der Waals surface area contributed by atoms with Crippen molar-refractivity contribution >= 4 is 21.8 Å². The number of hydroxylamine groups is 2. The molecule has 1 aromatic carbocycles. The molecule has 1 aliphatic heterocycles. The summed E-state index contributed by atoms with van der Waals surface area (Å²) in [5.41, 5.74) is 2.49. The van der Waals surface area contributed by atoms with Gasteiger partial charge in [0.25, 0.3) is 0 Å². The summed E-state index contributed by atoms with van der Waals surface area (Å²) in [4.78, 5) is 19.6. The van der Waals surface area contributed by atoms with Crippen LogP contribution >= 0.6 is 15.9 Å². The molecule has 24 heavy (non-hydrogen) atoms. The van der Waals surface area contributed by atoms with E-state index in [1.54, 1.807) is 19.1 Å². The van der Waals surface area contributed by atoms with E-state index in [9.17, 15) is 10.1 Å². The SMILES string of the molecule is CON1CCC(C#N)(N(C)C(=O)Cc2cc(Br)c(C)cc2C)CC1. The highest BCUT2D eigenvalue weighted by atomic mass is 79.9. The predicted octanol–water partition coefficient (Wildman–Crippen LogP) is 2.99. The first-order chi connectivity index (χ1) is 11.3. The average Bonchev–Trinajstić information content (AvgIpc) is 2.59. The fraction of sp³-hybridized carbons (Fsp3) is 0.556. The Morgan fingerprint density at radius 1 is 1.38 bits per heavy atom. The molecular weight excluding hydrogens is 370 g/mol. The normalized spacial score (nSPS) is 17.3. The number of hydrogen-bond acceptors (Lipinski definition) is 4. The third kappa shape index (κ3) is 3.80. The molecule has 0 bridgehead atoms. The Balaban J connectivity index is 2.14. The van der Waals surface area contributed by atoms with Gasteiger partial charge < -0.3 is 9.74 Å². The summed E-state index contributed by atoms with van der Waals surface area (Å²) in [6, 6.07) is 6.45. The van der Waals surface area contributed by atoms with Crippen molar-refractivity contribution in [2.75, 3.05) is 27.2 Å². The lowest BCUT2D eigenvalue weighted by Gasteiger charge is -2.42. The Morgan fingerprint density at radius 2 is 2.00 bits per heavy atom. The minimum atomic E-state index is -0.748. The molecule has 2 rings (SSSR count). The quantitative estimate of drug-likeness (QED) is 0.788. The molecule has 0 saturated carbocycles. The van der Waals surface area contributed by atoms with E-state index in [-0.39, 0.29) is 5.91 Å². The summed E-state index contributed by atoms with van der Waals surface area (Å²) >= 11 is 3.53. The van der Waals surface area contributed by atoms with Crippen molar-refractivity contribution in [3.63, 3.8) is 0 Å². The van der Waals surface area contributed by atoms with Crippen LogP contribution in [0.15, 0.2) is 16.6 Å². The summed E-state index contributed by atoms with van der Waals surface area (Å²) in [6.45, 7) is 5.34. The lowest BCUT2D eigenvalue weighted by Crippen LogP contribution is -2.55. The molecule has 1 aromatic rings.